The number of aliphatic hydroxyl groups is 1. The van der Waals surface area contributed by atoms with E-state index < -0.39 is 12.0 Å². The number of rotatable bonds is 6. The van der Waals surface area contributed by atoms with Crippen LogP contribution in [-0.4, -0.2) is 28.0 Å². The predicted molar refractivity (Wildman–Crippen MR) is 81.9 cm³/mol. The fourth-order valence-corrected chi connectivity index (χ4v) is 2.50. The van der Waals surface area contributed by atoms with Crippen LogP contribution in [0.25, 0.3) is 0 Å². The van der Waals surface area contributed by atoms with Gasteiger partial charge >= 0.3 is 5.97 Å². The third kappa shape index (κ3) is 4.30. The molecule has 2 unspecified atom stereocenters. The van der Waals surface area contributed by atoms with Crippen molar-refractivity contribution >= 4 is 5.97 Å². The third-order valence-corrected chi connectivity index (χ3v) is 3.64. The average molecular weight is 296 g/mol. The molecular formula is C16H28N2O3. The smallest absolute Gasteiger partial charge is 0.311 e. The van der Waals surface area contributed by atoms with Gasteiger partial charge in [-0.15, -0.1) is 0 Å². The lowest BCUT2D eigenvalue weighted by Crippen LogP contribution is -2.26. The van der Waals surface area contributed by atoms with Crippen LogP contribution >= 0.6 is 0 Å². The lowest BCUT2D eigenvalue weighted by atomic mass is 9.84. The van der Waals surface area contributed by atoms with Crippen molar-refractivity contribution in [2.75, 3.05) is 7.11 Å². The molecule has 0 aliphatic carbocycles. The van der Waals surface area contributed by atoms with E-state index in [1.807, 2.05) is 27.8 Å². The molecule has 0 saturated carbocycles. The topological polar surface area (TPSA) is 64.3 Å². The summed E-state index contributed by atoms with van der Waals surface area (Å²) in [6, 6.07) is 0. The molecule has 5 nitrogen and oxygen atoms in total. The van der Waals surface area contributed by atoms with Crippen LogP contribution in [0.15, 0.2) is 6.20 Å². The number of carbonyl (C=O) groups excluding carboxylic acids is 1. The highest BCUT2D eigenvalue weighted by atomic mass is 16.5. The highest BCUT2D eigenvalue weighted by Crippen LogP contribution is 2.34. The number of methoxy groups -OCH3 is 1. The standard InChI is InChI=1S/C16H28N2O3/c1-7-8-9-11(15(20)21-6)13(19)12-10-18(5)17-14(12)16(2,3)4/h10-11,13,19H,7-9H2,1-6H3. The zero-order chi connectivity index (χ0) is 16.2. The summed E-state index contributed by atoms with van der Waals surface area (Å²) in [5.41, 5.74) is 1.35. The monoisotopic (exact) mass is 296 g/mol. The molecule has 1 N–H and O–H groups in total. The van der Waals surface area contributed by atoms with E-state index in [9.17, 15) is 9.90 Å². The van der Waals surface area contributed by atoms with E-state index in [2.05, 4.69) is 12.0 Å². The van der Waals surface area contributed by atoms with Crippen LogP contribution in [0.3, 0.4) is 0 Å². The molecule has 0 bridgehead atoms. The van der Waals surface area contributed by atoms with Gasteiger partial charge < -0.3 is 9.84 Å². The largest absolute Gasteiger partial charge is 0.469 e. The first-order chi connectivity index (χ1) is 9.72. The Morgan fingerprint density at radius 1 is 1.48 bits per heavy atom. The second-order valence-electron chi connectivity index (χ2n) is 6.57. The maximum atomic E-state index is 12.0. The van der Waals surface area contributed by atoms with Gasteiger partial charge in [-0.25, -0.2) is 0 Å². The number of carbonyl (C=O) groups is 1. The minimum atomic E-state index is -0.882. The number of aliphatic hydroxyl groups excluding tert-OH is 1. The number of unbranched alkanes of at least 4 members (excludes halogenated alkanes) is 1. The minimum absolute atomic E-state index is 0.191. The Labute approximate surface area is 127 Å². The molecule has 0 aliphatic rings. The zero-order valence-electron chi connectivity index (χ0n) is 14.0. The molecule has 1 aromatic heterocycles. The lowest BCUT2D eigenvalue weighted by molar-refractivity contribution is -0.150. The summed E-state index contributed by atoms with van der Waals surface area (Å²) >= 11 is 0. The van der Waals surface area contributed by atoms with Crippen molar-refractivity contribution in [1.29, 1.82) is 0 Å². The van der Waals surface area contributed by atoms with Gasteiger partial charge in [0.1, 0.15) is 0 Å². The van der Waals surface area contributed by atoms with Gasteiger partial charge in [0, 0.05) is 24.2 Å². The van der Waals surface area contributed by atoms with Gasteiger partial charge in [-0.3, -0.25) is 9.48 Å². The van der Waals surface area contributed by atoms with Crippen LogP contribution < -0.4 is 0 Å². The maximum absolute atomic E-state index is 12.0. The summed E-state index contributed by atoms with van der Waals surface area (Å²) in [4.78, 5) is 12.0. The van der Waals surface area contributed by atoms with Gasteiger partial charge in [-0.1, -0.05) is 40.5 Å². The van der Waals surface area contributed by atoms with Crippen LogP contribution in [0.4, 0.5) is 0 Å². The zero-order valence-corrected chi connectivity index (χ0v) is 14.0. The number of esters is 1. The second-order valence-corrected chi connectivity index (χ2v) is 6.57. The summed E-state index contributed by atoms with van der Waals surface area (Å²) in [6.07, 6.45) is 3.38. The fourth-order valence-electron chi connectivity index (χ4n) is 2.50. The molecule has 0 fully saturated rings. The van der Waals surface area contributed by atoms with E-state index in [4.69, 9.17) is 4.74 Å². The van der Waals surface area contributed by atoms with Crippen molar-refractivity contribution in [3.63, 3.8) is 0 Å². The van der Waals surface area contributed by atoms with Crippen LogP contribution in [0.5, 0.6) is 0 Å². The van der Waals surface area contributed by atoms with Gasteiger partial charge in [-0.2, -0.15) is 5.10 Å². The number of aryl methyl sites for hydroxylation is 1. The van der Waals surface area contributed by atoms with E-state index in [0.29, 0.717) is 6.42 Å². The van der Waals surface area contributed by atoms with E-state index in [-0.39, 0.29) is 11.4 Å². The molecule has 5 heteroatoms. The summed E-state index contributed by atoms with van der Waals surface area (Å²) in [7, 11) is 3.19. The predicted octanol–water partition coefficient (Wildman–Crippen LogP) is 2.73. The van der Waals surface area contributed by atoms with Crippen LogP contribution in [0.1, 0.15) is 64.3 Å². The number of ether oxygens (including phenoxy) is 1. The first-order valence-corrected chi connectivity index (χ1v) is 7.52. The summed E-state index contributed by atoms with van der Waals surface area (Å²) < 4.78 is 6.55. The molecule has 1 heterocycles. The first kappa shape index (κ1) is 17.7. The number of hydrogen-bond donors (Lipinski definition) is 1. The molecular weight excluding hydrogens is 268 g/mol. The molecule has 0 aromatic carbocycles. The van der Waals surface area contributed by atoms with E-state index in [1.165, 1.54) is 7.11 Å². The average Bonchev–Trinajstić information content (AvgIpc) is 2.80. The number of aromatic nitrogens is 2. The van der Waals surface area contributed by atoms with Gasteiger partial charge in [0.05, 0.1) is 24.8 Å². The Hall–Kier alpha value is -1.36. The molecule has 2 atom stereocenters. The molecule has 120 valence electrons. The van der Waals surface area contributed by atoms with Crippen molar-refractivity contribution in [2.24, 2.45) is 13.0 Å². The molecule has 0 aliphatic heterocycles. The molecule has 0 amide bonds. The summed E-state index contributed by atoms with van der Waals surface area (Å²) in [5, 5.41) is 15.2. The molecule has 0 spiro atoms. The number of hydrogen-bond acceptors (Lipinski definition) is 4. The second kappa shape index (κ2) is 7.07. The van der Waals surface area contributed by atoms with E-state index in [0.717, 1.165) is 24.1 Å². The Kier molecular flexibility index (Phi) is 5.96. The lowest BCUT2D eigenvalue weighted by Gasteiger charge is -2.24. The SMILES string of the molecule is CCCCC(C(=O)OC)C(O)c1cn(C)nc1C(C)(C)C. The van der Waals surface area contributed by atoms with Gasteiger partial charge in [0.15, 0.2) is 0 Å². The van der Waals surface area contributed by atoms with Crippen molar-refractivity contribution < 1.29 is 14.6 Å². The summed E-state index contributed by atoms with van der Waals surface area (Å²) in [6.45, 7) is 8.20. The highest BCUT2D eigenvalue weighted by Gasteiger charge is 2.34. The van der Waals surface area contributed by atoms with Crippen LogP contribution in [0.2, 0.25) is 0 Å². The Morgan fingerprint density at radius 3 is 2.57 bits per heavy atom. The Bertz CT molecular complexity index is 474. The Morgan fingerprint density at radius 2 is 2.10 bits per heavy atom. The Balaban J connectivity index is 3.14. The maximum Gasteiger partial charge on any atom is 0.311 e. The quantitative estimate of drug-likeness (QED) is 0.820. The van der Waals surface area contributed by atoms with Crippen molar-refractivity contribution in [3.05, 3.63) is 17.5 Å². The molecule has 21 heavy (non-hydrogen) atoms. The van der Waals surface area contributed by atoms with Crippen LogP contribution in [-0.2, 0) is 22.0 Å². The van der Waals surface area contributed by atoms with Gasteiger partial charge in [-0.05, 0) is 6.42 Å². The van der Waals surface area contributed by atoms with Gasteiger partial charge in [0.2, 0.25) is 0 Å². The van der Waals surface area contributed by atoms with Crippen molar-refractivity contribution in [3.8, 4) is 0 Å². The third-order valence-electron chi connectivity index (χ3n) is 3.64. The van der Waals surface area contributed by atoms with Gasteiger partial charge in [0.25, 0.3) is 0 Å². The highest BCUT2D eigenvalue weighted by molar-refractivity contribution is 5.73. The van der Waals surface area contributed by atoms with E-state index >= 15 is 0 Å². The normalized spacial score (nSPS) is 14.8. The minimum Gasteiger partial charge on any atom is -0.469 e. The summed E-state index contributed by atoms with van der Waals surface area (Å²) in [5.74, 6) is -0.903. The van der Waals surface area contributed by atoms with Crippen molar-refractivity contribution in [2.45, 2.75) is 58.5 Å². The van der Waals surface area contributed by atoms with Crippen molar-refractivity contribution in [1.82, 2.24) is 9.78 Å². The van der Waals surface area contributed by atoms with E-state index in [1.54, 1.807) is 10.9 Å². The van der Waals surface area contributed by atoms with Crippen LogP contribution in [0, 0.1) is 5.92 Å². The number of nitrogens with zero attached hydrogens (tertiary/aromatic N) is 2. The molecule has 0 radical (unpaired) electrons. The molecule has 1 aromatic rings. The first-order valence-electron chi connectivity index (χ1n) is 7.52. The fraction of sp³-hybridized carbons (Fsp3) is 0.750. The molecule has 1 rings (SSSR count). The molecule has 0 saturated heterocycles.